The molecule has 1 saturated carbocycles. The van der Waals surface area contributed by atoms with Gasteiger partial charge in [-0.3, -0.25) is 9.59 Å². The molecule has 0 saturated heterocycles. The van der Waals surface area contributed by atoms with Crippen LogP contribution in [0.25, 0.3) is 0 Å². The maximum Gasteiger partial charge on any atom is 0.313 e. The van der Waals surface area contributed by atoms with Gasteiger partial charge in [-0.2, -0.15) is 0 Å². The second kappa shape index (κ2) is 5.19. The fourth-order valence-corrected chi connectivity index (χ4v) is 3.64. The number of fused-ring (bicyclic) bond motifs is 1. The van der Waals surface area contributed by atoms with Crippen molar-refractivity contribution in [1.82, 2.24) is 0 Å². The molecule has 2 aliphatic rings. The predicted molar refractivity (Wildman–Crippen MR) is 70.1 cm³/mol. The molecule has 0 aromatic rings. The maximum absolute atomic E-state index is 12.4. The summed E-state index contributed by atoms with van der Waals surface area (Å²) in [7, 11) is 2.74. The van der Waals surface area contributed by atoms with Crippen LogP contribution in [0.1, 0.15) is 19.3 Å². The number of ether oxygens (including phenoxy) is 2. The van der Waals surface area contributed by atoms with Gasteiger partial charge in [0.1, 0.15) is 0 Å². The Bertz CT molecular complexity index is 426. The molecule has 0 amide bonds. The number of hydrogen-bond acceptors (Lipinski definition) is 4. The Kier molecular flexibility index (Phi) is 3.78. The molecule has 4 nitrogen and oxygen atoms in total. The molecule has 0 spiro atoms. The third kappa shape index (κ3) is 1.99. The Morgan fingerprint density at radius 1 is 1.37 bits per heavy atom. The standard InChI is InChI=1S/C15H20O4/c1-4-10-8-11-6-5-7-12(13(16)18-2)15(11,9-10)14(17)19-3/h4-6,10-12H,1,7-9H2,2-3H3/t10-,11+,12?,15+/m0/s1. The Hall–Kier alpha value is -1.58. The van der Waals surface area contributed by atoms with Crippen molar-refractivity contribution in [2.75, 3.05) is 14.2 Å². The second-order valence-corrected chi connectivity index (χ2v) is 5.31. The van der Waals surface area contributed by atoms with E-state index in [1.54, 1.807) is 0 Å². The fourth-order valence-electron chi connectivity index (χ4n) is 3.64. The summed E-state index contributed by atoms with van der Waals surface area (Å²) in [6, 6.07) is 0. The molecule has 4 atom stereocenters. The first-order chi connectivity index (χ1) is 9.09. The number of esters is 2. The number of allylic oxidation sites excluding steroid dienone is 3. The lowest BCUT2D eigenvalue weighted by atomic mass is 9.64. The summed E-state index contributed by atoms with van der Waals surface area (Å²) >= 11 is 0. The summed E-state index contributed by atoms with van der Waals surface area (Å²) in [5, 5.41) is 0. The monoisotopic (exact) mass is 264 g/mol. The first-order valence-electron chi connectivity index (χ1n) is 6.55. The molecule has 2 aliphatic carbocycles. The van der Waals surface area contributed by atoms with Crippen LogP contribution < -0.4 is 0 Å². The molecule has 1 fully saturated rings. The van der Waals surface area contributed by atoms with Crippen molar-refractivity contribution in [3.8, 4) is 0 Å². The van der Waals surface area contributed by atoms with Gasteiger partial charge in [0, 0.05) is 0 Å². The van der Waals surface area contributed by atoms with Crippen LogP contribution in [0, 0.1) is 23.2 Å². The van der Waals surface area contributed by atoms with E-state index in [-0.39, 0.29) is 23.8 Å². The molecule has 19 heavy (non-hydrogen) atoms. The van der Waals surface area contributed by atoms with E-state index in [1.165, 1.54) is 14.2 Å². The molecule has 0 aromatic carbocycles. The Labute approximate surface area is 113 Å². The van der Waals surface area contributed by atoms with Crippen LogP contribution >= 0.6 is 0 Å². The third-order valence-corrected chi connectivity index (χ3v) is 4.56. The minimum absolute atomic E-state index is 0.0285. The van der Waals surface area contributed by atoms with Crippen LogP contribution in [0.2, 0.25) is 0 Å². The van der Waals surface area contributed by atoms with Crippen LogP contribution in [0.5, 0.6) is 0 Å². The SMILES string of the molecule is C=C[C@H]1C[C@H]2C=CCC(C(=O)OC)[C@@]2(C(=O)OC)C1. The van der Waals surface area contributed by atoms with E-state index in [0.29, 0.717) is 12.8 Å². The lowest BCUT2D eigenvalue weighted by Crippen LogP contribution is -2.47. The van der Waals surface area contributed by atoms with E-state index in [4.69, 9.17) is 9.47 Å². The van der Waals surface area contributed by atoms with Crippen molar-refractivity contribution in [3.05, 3.63) is 24.8 Å². The summed E-state index contributed by atoms with van der Waals surface area (Å²) in [6.45, 7) is 3.81. The average molecular weight is 264 g/mol. The highest BCUT2D eigenvalue weighted by Gasteiger charge is 2.60. The highest BCUT2D eigenvalue weighted by molar-refractivity contribution is 5.87. The molecule has 0 aromatic heterocycles. The van der Waals surface area contributed by atoms with E-state index in [0.717, 1.165) is 6.42 Å². The van der Waals surface area contributed by atoms with Gasteiger partial charge in [-0.25, -0.2) is 0 Å². The van der Waals surface area contributed by atoms with E-state index >= 15 is 0 Å². The van der Waals surface area contributed by atoms with E-state index in [2.05, 4.69) is 6.58 Å². The molecule has 0 radical (unpaired) electrons. The Morgan fingerprint density at radius 3 is 2.68 bits per heavy atom. The van der Waals surface area contributed by atoms with Gasteiger partial charge in [0.05, 0.1) is 25.6 Å². The van der Waals surface area contributed by atoms with Crippen molar-refractivity contribution in [2.45, 2.75) is 19.3 Å². The molecule has 0 heterocycles. The van der Waals surface area contributed by atoms with E-state index < -0.39 is 11.3 Å². The van der Waals surface area contributed by atoms with Gasteiger partial charge in [-0.1, -0.05) is 18.2 Å². The molecule has 2 rings (SSSR count). The quantitative estimate of drug-likeness (QED) is 0.578. The summed E-state index contributed by atoms with van der Waals surface area (Å²) in [4.78, 5) is 24.4. The van der Waals surface area contributed by atoms with Crippen LogP contribution in [0.15, 0.2) is 24.8 Å². The predicted octanol–water partition coefficient (Wildman–Crippen LogP) is 2.11. The van der Waals surface area contributed by atoms with Crippen molar-refractivity contribution < 1.29 is 19.1 Å². The molecule has 104 valence electrons. The normalized spacial score (nSPS) is 36.4. The molecular formula is C15H20O4. The number of hydrogen-bond donors (Lipinski definition) is 0. The number of carbonyl (C=O) groups excluding carboxylic acids is 2. The number of methoxy groups -OCH3 is 2. The largest absolute Gasteiger partial charge is 0.469 e. The van der Waals surface area contributed by atoms with Gasteiger partial charge in [-0.15, -0.1) is 6.58 Å². The third-order valence-electron chi connectivity index (χ3n) is 4.56. The van der Waals surface area contributed by atoms with E-state index in [9.17, 15) is 9.59 Å². The first-order valence-corrected chi connectivity index (χ1v) is 6.55. The number of rotatable bonds is 3. The van der Waals surface area contributed by atoms with Gasteiger partial charge >= 0.3 is 11.9 Å². The zero-order valence-electron chi connectivity index (χ0n) is 11.4. The van der Waals surface area contributed by atoms with Gasteiger partial charge in [-0.05, 0) is 31.1 Å². The second-order valence-electron chi connectivity index (χ2n) is 5.31. The van der Waals surface area contributed by atoms with Crippen LogP contribution in [0.3, 0.4) is 0 Å². The smallest absolute Gasteiger partial charge is 0.313 e. The van der Waals surface area contributed by atoms with Gasteiger partial charge in [0.15, 0.2) is 0 Å². The van der Waals surface area contributed by atoms with Gasteiger partial charge in [0.25, 0.3) is 0 Å². The Morgan fingerprint density at radius 2 is 2.11 bits per heavy atom. The maximum atomic E-state index is 12.4. The van der Waals surface area contributed by atoms with Gasteiger partial charge in [0.2, 0.25) is 0 Å². The van der Waals surface area contributed by atoms with Crippen molar-refractivity contribution >= 4 is 11.9 Å². The zero-order valence-corrected chi connectivity index (χ0v) is 11.4. The van der Waals surface area contributed by atoms with Crippen molar-refractivity contribution in [3.63, 3.8) is 0 Å². The highest BCUT2D eigenvalue weighted by atomic mass is 16.5. The molecule has 4 heteroatoms. The van der Waals surface area contributed by atoms with Crippen LogP contribution in [-0.4, -0.2) is 26.2 Å². The zero-order chi connectivity index (χ0) is 14.0. The lowest BCUT2D eigenvalue weighted by Gasteiger charge is -2.39. The molecule has 0 bridgehead atoms. The molecular weight excluding hydrogens is 244 g/mol. The van der Waals surface area contributed by atoms with Crippen LogP contribution in [0.4, 0.5) is 0 Å². The average Bonchev–Trinajstić information content (AvgIpc) is 2.84. The number of carbonyl (C=O) groups is 2. The van der Waals surface area contributed by atoms with Crippen molar-refractivity contribution in [2.24, 2.45) is 23.2 Å². The lowest BCUT2D eigenvalue weighted by molar-refractivity contribution is -0.169. The summed E-state index contributed by atoms with van der Waals surface area (Å²) in [6.07, 6.45) is 7.85. The van der Waals surface area contributed by atoms with Crippen molar-refractivity contribution in [1.29, 1.82) is 0 Å². The summed E-state index contributed by atoms with van der Waals surface area (Å²) < 4.78 is 9.88. The first kappa shape index (κ1) is 13.8. The highest BCUT2D eigenvalue weighted by Crippen LogP contribution is 2.56. The van der Waals surface area contributed by atoms with Crippen LogP contribution in [-0.2, 0) is 19.1 Å². The topological polar surface area (TPSA) is 52.6 Å². The summed E-state index contributed by atoms with van der Waals surface area (Å²) in [5.41, 5.74) is -0.782. The minimum Gasteiger partial charge on any atom is -0.469 e. The molecule has 0 aliphatic heterocycles. The van der Waals surface area contributed by atoms with Gasteiger partial charge < -0.3 is 9.47 Å². The Balaban J connectivity index is 2.45. The van der Waals surface area contributed by atoms with E-state index in [1.807, 2.05) is 18.2 Å². The molecule has 1 unspecified atom stereocenters. The molecule has 0 N–H and O–H groups in total. The minimum atomic E-state index is -0.782. The summed E-state index contributed by atoms with van der Waals surface area (Å²) in [5.74, 6) is -0.823. The fraction of sp³-hybridized carbons (Fsp3) is 0.600.